The van der Waals surface area contributed by atoms with Crippen molar-refractivity contribution in [2.45, 2.75) is 45.1 Å². The molecule has 0 amide bonds. The Morgan fingerprint density at radius 3 is 2.85 bits per heavy atom. The molecule has 0 atom stereocenters. The zero-order chi connectivity index (χ0) is 13.9. The zero-order valence-electron chi connectivity index (χ0n) is 11.5. The van der Waals surface area contributed by atoms with E-state index in [1.54, 1.807) is 16.8 Å². The van der Waals surface area contributed by atoms with Gasteiger partial charge >= 0.3 is 5.97 Å². The minimum absolute atomic E-state index is 0.288. The van der Waals surface area contributed by atoms with Crippen LogP contribution in [0, 0.1) is 5.92 Å². The van der Waals surface area contributed by atoms with Gasteiger partial charge in [-0.25, -0.2) is 9.48 Å². The lowest BCUT2D eigenvalue weighted by atomic mass is 9.87. The van der Waals surface area contributed by atoms with E-state index in [4.69, 9.17) is 0 Å². The number of benzene rings is 1. The van der Waals surface area contributed by atoms with Crippen LogP contribution in [0.1, 0.15) is 48.9 Å². The first-order valence-electron chi connectivity index (χ1n) is 7.31. The lowest BCUT2D eigenvalue weighted by molar-refractivity contribution is 0.0698. The summed E-state index contributed by atoms with van der Waals surface area (Å²) in [6, 6.07) is 5.14. The molecule has 0 bridgehead atoms. The van der Waals surface area contributed by atoms with E-state index >= 15 is 0 Å². The van der Waals surface area contributed by atoms with Crippen LogP contribution in [0.3, 0.4) is 0 Å². The summed E-state index contributed by atoms with van der Waals surface area (Å²) in [7, 11) is 0. The van der Waals surface area contributed by atoms with Crippen molar-refractivity contribution in [2.75, 3.05) is 0 Å². The highest BCUT2D eigenvalue weighted by Gasteiger charge is 2.17. The normalized spacial score (nSPS) is 16.6. The van der Waals surface area contributed by atoms with Gasteiger partial charge in [0.1, 0.15) is 11.0 Å². The third-order valence-corrected chi connectivity index (χ3v) is 4.24. The van der Waals surface area contributed by atoms with Crippen LogP contribution in [0.2, 0.25) is 0 Å². The quantitative estimate of drug-likeness (QED) is 0.929. The maximum atomic E-state index is 11.3. The highest BCUT2D eigenvalue weighted by molar-refractivity contribution is 6.00. The summed E-state index contributed by atoms with van der Waals surface area (Å²) in [5, 5.41) is 17.5. The maximum Gasteiger partial charge on any atom is 0.337 e. The Hall–Kier alpha value is -1.91. The van der Waals surface area contributed by atoms with Gasteiger partial charge in [0, 0.05) is 6.54 Å². The van der Waals surface area contributed by atoms with Crippen molar-refractivity contribution in [1.29, 1.82) is 0 Å². The largest absolute Gasteiger partial charge is 0.478 e. The average Bonchev–Trinajstić information content (AvgIpc) is 2.89. The summed E-state index contributed by atoms with van der Waals surface area (Å²) in [5.74, 6) is -0.170. The molecule has 1 heterocycles. The highest BCUT2D eigenvalue weighted by Crippen LogP contribution is 2.27. The lowest BCUT2D eigenvalue weighted by Gasteiger charge is -2.21. The van der Waals surface area contributed by atoms with Crippen LogP contribution >= 0.6 is 0 Å². The number of para-hydroxylation sites is 1. The van der Waals surface area contributed by atoms with Crippen molar-refractivity contribution in [1.82, 2.24) is 15.0 Å². The molecule has 106 valence electrons. The van der Waals surface area contributed by atoms with Crippen molar-refractivity contribution >= 4 is 17.0 Å². The van der Waals surface area contributed by atoms with Gasteiger partial charge in [-0.3, -0.25) is 0 Å². The number of nitrogens with zero attached hydrogens (tertiary/aromatic N) is 3. The molecule has 5 heteroatoms. The molecule has 2 aromatic rings. The minimum Gasteiger partial charge on any atom is -0.478 e. The lowest BCUT2D eigenvalue weighted by Crippen LogP contribution is -2.12. The van der Waals surface area contributed by atoms with Gasteiger partial charge in [0.2, 0.25) is 0 Å². The number of hydrogen-bond acceptors (Lipinski definition) is 3. The Bertz CT molecular complexity index is 615. The number of hydrogen-bond donors (Lipinski definition) is 1. The first-order chi connectivity index (χ1) is 9.75. The molecule has 0 aliphatic heterocycles. The van der Waals surface area contributed by atoms with Crippen molar-refractivity contribution in [2.24, 2.45) is 5.92 Å². The fraction of sp³-hybridized carbons (Fsp3) is 0.533. The second kappa shape index (κ2) is 5.61. The number of aromatic nitrogens is 3. The first kappa shape index (κ1) is 13.1. The molecule has 3 rings (SSSR count). The van der Waals surface area contributed by atoms with Crippen LogP contribution in [-0.4, -0.2) is 26.1 Å². The van der Waals surface area contributed by atoms with E-state index in [0.29, 0.717) is 11.0 Å². The zero-order valence-corrected chi connectivity index (χ0v) is 11.5. The molecule has 0 spiro atoms. The molecule has 5 nitrogen and oxygen atoms in total. The van der Waals surface area contributed by atoms with E-state index < -0.39 is 5.97 Å². The summed E-state index contributed by atoms with van der Waals surface area (Å²) in [6.45, 7) is 0.755. The Morgan fingerprint density at radius 1 is 1.30 bits per heavy atom. The van der Waals surface area contributed by atoms with Crippen molar-refractivity contribution in [3.8, 4) is 0 Å². The van der Waals surface area contributed by atoms with Gasteiger partial charge in [-0.2, -0.15) is 0 Å². The number of fused-ring (bicyclic) bond motifs is 1. The SMILES string of the molecule is O=C(O)c1cccc2nnn(CCC3CCCCC3)c12. The summed E-state index contributed by atoms with van der Waals surface area (Å²) in [4.78, 5) is 11.3. The molecule has 1 aliphatic rings. The van der Waals surface area contributed by atoms with E-state index in [1.807, 2.05) is 6.07 Å². The third-order valence-electron chi connectivity index (χ3n) is 4.24. The van der Waals surface area contributed by atoms with Crippen LogP contribution in [0.5, 0.6) is 0 Å². The second-order valence-electron chi connectivity index (χ2n) is 5.58. The molecule has 1 saturated carbocycles. The van der Waals surface area contributed by atoms with Gasteiger partial charge in [-0.15, -0.1) is 5.10 Å². The number of rotatable bonds is 4. The fourth-order valence-corrected chi connectivity index (χ4v) is 3.14. The molecule has 1 aromatic carbocycles. The standard InChI is InChI=1S/C15H19N3O2/c19-15(20)12-7-4-8-13-14(12)18(17-16-13)10-9-11-5-2-1-3-6-11/h4,7-8,11H,1-3,5-6,9-10H2,(H,19,20). The Balaban J connectivity index is 1.82. The fourth-order valence-electron chi connectivity index (χ4n) is 3.14. The van der Waals surface area contributed by atoms with Crippen LogP contribution < -0.4 is 0 Å². The van der Waals surface area contributed by atoms with Gasteiger partial charge in [0.05, 0.1) is 5.56 Å². The van der Waals surface area contributed by atoms with Crippen LogP contribution in [0.4, 0.5) is 0 Å². The van der Waals surface area contributed by atoms with Gasteiger partial charge in [0.25, 0.3) is 0 Å². The van der Waals surface area contributed by atoms with Gasteiger partial charge in [-0.1, -0.05) is 43.4 Å². The Kier molecular flexibility index (Phi) is 3.67. The van der Waals surface area contributed by atoms with E-state index in [0.717, 1.165) is 18.9 Å². The smallest absolute Gasteiger partial charge is 0.337 e. The van der Waals surface area contributed by atoms with Crippen molar-refractivity contribution in [3.63, 3.8) is 0 Å². The molecule has 0 unspecified atom stereocenters. The minimum atomic E-state index is -0.920. The molecule has 1 aromatic heterocycles. The summed E-state index contributed by atoms with van der Waals surface area (Å²) >= 11 is 0. The number of carbonyl (C=O) groups is 1. The molecular weight excluding hydrogens is 254 g/mol. The first-order valence-corrected chi connectivity index (χ1v) is 7.31. The van der Waals surface area contributed by atoms with Crippen molar-refractivity contribution < 1.29 is 9.90 Å². The van der Waals surface area contributed by atoms with E-state index in [2.05, 4.69) is 10.3 Å². The van der Waals surface area contributed by atoms with E-state index in [9.17, 15) is 9.90 Å². The van der Waals surface area contributed by atoms with Gasteiger partial charge in [0.15, 0.2) is 0 Å². The summed E-state index contributed by atoms with van der Waals surface area (Å²) < 4.78 is 1.76. The predicted molar refractivity (Wildman–Crippen MR) is 75.7 cm³/mol. The van der Waals surface area contributed by atoms with E-state index in [1.165, 1.54) is 32.1 Å². The molecule has 0 saturated heterocycles. The average molecular weight is 273 g/mol. The molecule has 1 N–H and O–H groups in total. The van der Waals surface area contributed by atoms with Crippen molar-refractivity contribution in [3.05, 3.63) is 23.8 Å². The summed E-state index contributed by atoms with van der Waals surface area (Å²) in [6.07, 6.45) is 7.64. The molecular formula is C15H19N3O2. The van der Waals surface area contributed by atoms with Crippen LogP contribution in [0.15, 0.2) is 18.2 Å². The predicted octanol–water partition coefficient (Wildman–Crippen LogP) is 3.10. The monoisotopic (exact) mass is 273 g/mol. The number of aryl methyl sites for hydroxylation is 1. The number of carboxylic acid groups (broad SMARTS) is 1. The van der Waals surface area contributed by atoms with Crippen LogP contribution in [-0.2, 0) is 6.54 Å². The second-order valence-corrected chi connectivity index (χ2v) is 5.58. The van der Waals surface area contributed by atoms with Gasteiger partial charge in [-0.05, 0) is 24.5 Å². The summed E-state index contributed by atoms with van der Waals surface area (Å²) in [5.41, 5.74) is 1.60. The molecule has 20 heavy (non-hydrogen) atoms. The molecule has 1 aliphatic carbocycles. The molecule has 0 radical (unpaired) electrons. The Labute approximate surface area is 117 Å². The topological polar surface area (TPSA) is 68.0 Å². The van der Waals surface area contributed by atoms with E-state index in [-0.39, 0.29) is 5.56 Å². The Morgan fingerprint density at radius 2 is 2.10 bits per heavy atom. The third kappa shape index (κ3) is 2.53. The molecule has 1 fully saturated rings. The number of aromatic carboxylic acids is 1. The highest BCUT2D eigenvalue weighted by atomic mass is 16.4. The number of carboxylic acids is 1. The maximum absolute atomic E-state index is 11.3. The van der Waals surface area contributed by atoms with Crippen LogP contribution in [0.25, 0.3) is 11.0 Å². The van der Waals surface area contributed by atoms with Gasteiger partial charge < -0.3 is 5.11 Å².